The van der Waals surface area contributed by atoms with Gasteiger partial charge in [-0.05, 0) is 43.3 Å². The monoisotopic (exact) mass is 509 g/mol. The van der Waals surface area contributed by atoms with E-state index in [1.54, 1.807) is 14.2 Å². The number of aliphatic imine (C=N–C) groups is 1. The van der Waals surface area contributed by atoms with Crippen molar-refractivity contribution in [3.05, 3.63) is 54.4 Å². The minimum Gasteiger partial charge on any atom is -0.497 e. The van der Waals surface area contributed by atoms with Crippen LogP contribution in [0, 0.1) is 6.92 Å². The molecule has 29 heavy (non-hydrogen) atoms. The molecule has 2 N–H and O–H groups in total. The van der Waals surface area contributed by atoms with Crippen LogP contribution in [0.15, 0.2) is 53.5 Å². The molecule has 0 fully saturated rings. The van der Waals surface area contributed by atoms with Gasteiger partial charge in [-0.15, -0.1) is 24.0 Å². The van der Waals surface area contributed by atoms with E-state index in [0.29, 0.717) is 13.2 Å². The molecule has 0 saturated heterocycles. The molecule has 0 radical (unpaired) electrons. The van der Waals surface area contributed by atoms with Gasteiger partial charge >= 0.3 is 0 Å². The van der Waals surface area contributed by atoms with E-state index in [9.17, 15) is 0 Å². The number of ether oxygens (including phenoxy) is 2. The van der Waals surface area contributed by atoms with Crippen LogP contribution in [0.2, 0.25) is 0 Å². The molecular formula is C21H28IN5O2. The van der Waals surface area contributed by atoms with Gasteiger partial charge < -0.3 is 24.7 Å². The first kappa shape index (κ1) is 22.8. The van der Waals surface area contributed by atoms with Gasteiger partial charge in [-0.1, -0.05) is 12.1 Å². The first-order valence-electron chi connectivity index (χ1n) is 9.34. The SMILES string of the molecule is CN=C(NCCOc1ccc(OC)cc1)NCCn1c(C)nc2ccccc21.I. The maximum absolute atomic E-state index is 5.71. The van der Waals surface area contributed by atoms with Crippen molar-refractivity contribution in [2.24, 2.45) is 4.99 Å². The lowest BCUT2D eigenvalue weighted by Gasteiger charge is -2.13. The smallest absolute Gasteiger partial charge is 0.191 e. The Labute approximate surface area is 188 Å². The Morgan fingerprint density at radius 1 is 1.03 bits per heavy atom. The van der Waals surface area contributed by atoms with Gasteiger partial charge in [-0.25, -0.2) is 4.98 Å². The van der Waals surface area contributed by atoms with Crippen molar-refractivity contribution in [2.75, 3.05) is 33.9 Å². The summed E-state index contributed by atoms with van der Waals surface area (Å²) in [5, 5.41) is 6.59. The molecule has 8 heteroatoms. The highest BCUT2D eigenvalue weighted by Gasteiger charge is 2.06. The summed E-state index contributed by atoms with van der Waals surface area (Å²) in [7, 11) is 3.41. The maximum atomic E-state index is 5.71. The summed E-state index contributed by atoms with van der Waals surface area (Å²) >= 11 is 0. The number of imidazole rings is 1. The van der Waals surface area contributed by atoms with E-state index < -0.39 is 0 Å². The number of guanidine groups is 1. The summed E-state index contributed by atoms with van der Waals surface area (Å²) in [5.41, 5.74) is 2.18. The number of nitrogens with one attached hydrogen (secondary N) is 2. The van der Waals surface area contributed by atoms with Gasteiger partial charge in [0.05, 0.1) is 24.7 Å². The Morgan fingerprint density at radius 2 is 1.72 bits per heavy atom. The number of benzene rings is 2. The molecule has 156 valence electrons. The summed E-state index contributed by atoms with van der Waals surface area (Å²) in [6.07, 6.45) is 0. The van der Waals surface area contributed by atoms with Crippen molar-refractivity contribution in [2.45, 2.75) is 13.5 Å². The largest absolute Gasteiger partial charge is 0.497 e. The number of halogens is 1. The van der Waals surface area contributed by atoms with E-state index in [-0.39, 0.29) is 24.0 Å². The summed E-state index contributed by atoms with van der Waals surface area (Å²) in [4.78, 5) is 8.85. The summed E-state index contributed by atoms with van der Waals surface area (Å²) in [5.74, 6) is 3.39. The lowest BCUT2D eigenvalue weighted by atomic mass is 10.3. The van der Waals surface area contributed by atoms with E-state index in [1.807, 2.05) is 49.4 Å². The van der Waals surface area contributed by atoms with Crippen molar-refractivity contribution < 1.29 is 9.47 Å². The minimum absolute atomic E-state index is 0. The fraction of sp³-hybridized carbons (Fsp3) is 0.333. The lowest BCUT2D eigenvalue weighted by Crippen LogP contribution is -2.40. The average molecular weight is 509 g/mol. The van der Waals surface area contributed by atoms with Gasteiger partial charge in [0.25, 0.3) is 0 Å². The zero-order valence-electron chi connectivity index (χ0n) is 17.0. The van der Waals surface area contributed by atoms with Crippen molar-refractivity contribution >= 4 is 41.0 Å². The molecule has 7 nitrogen and oxygen atoms in total. The molecule has 0 bridgehead atoms. The Hall–Kier alpha value is -2.49. The summed E-state index contributed by atoms with van der Waals surface area (Å²) < 4.78 is 13.1. The molecule has 0 aliphatic heterocycles. The van der Waals surface area contributed by atoms with Crippen molar-refractivity contribution in [1.82, 2.24) is 20.2 Å². The molecular weight excluding hydrogens is 481 g/mol. The predicted octanol–water partition coefficient (Wildman–Crippen LogP) is 3.22. The molecule has 3 aromatic rings. The third kappa shape index (κ3) is 6.25. The topological polar surface area (TPSA) is 72.7 Å². The predicted molar refractivity (Wildman–Crippen MR) is 128 cm³/mol. The highest BCUT2D eigenvalue weighted by atomic mass is 127. The number of methoxy groups -OCH3 is 1. The van der Waals surface area contributed by atoms with Crippen LogP contribution in [0.1, 0.15) is 5.82 Å². The third-order valence-corrected chi connectivity index (χ3v) is 4.42. The molecule has 0 amide bonds. The summed E-state index contributed by atoms with van der Waals surface area (Å²) in [6, 6.07) is 15.7. The second kappa shape index (κ2) is 11.5. The number of para-hydroxylation sites is 2. The number of aromatic nitrogens is 2. The number of hydrogen-bond acceptors (Lipinski definition) is 4. The van der Waals surface area contributed by atoms with Gasteiger partial charge in [-0.2, -0.15) is 0 Å². The van der Waals surface area contributed by atoms with Crippen LogP contribution in [0.5, 0.6) is 11.5 Å². The standard InChI is InChI=1S/C21H27N5O2.HI/c1-16-25-19-6-4-5-7-20(19)26(16)14-12-23-21(22-2)24-13-15-28-18-10-8-17(27-3)9-11-18;/h4-11H,12-15H2,1-3H3,(H2,22,23,24);1H. The molecule has 0 saturated carbocycles. The van der Waals surface area contributed by atoms with Gasteiger partial charge in [0, 0.05) is 20.1 Å². The van der Waals surface area contributed by atoms with E-state index in [0.717, 1.165) is 47.4 Å². The average Bonchev–Trinajstić information content (AvgIpc) is 3.05. The first-order valence-corrected chi connectivity index (χ1v) is 9.34. The second-order valence-electron chi connectivity index (χ2n) is 6.25. The lowest BCUT2D eigenvalue weighted by molar-refractivity contribution is 0.321. The fourth-order valence-electron chi connectivity index (χ4n) is 3.00. The maximum Gasteiger partial charge on any atom is 0.191 e. The zero-order chi connectivity index (χ0) is 19.8. The number of hydrogen-bond donors (Lipinski definition) is 2. The molecule has 1 aromatic heterocycles. The molecule has 0 spiro atoms. The quantitative estimate of drug-likeness (QED) is 0.211. The fourth-order valence-corrected chi connectivity index (χ4v) is 3.00. The molecule has 3 rings (SSSR count). The number of rotatable bonds is 8. The highest BCUT2D eigenvalue weighted by Crippen LogP contribution is 2.17. The highest BCUT2D eigenvalue weighted by molar-refractivity contribution is 14.0. The molecule has 0 aliphatic carbocycles. The van der Waals surface area contributed by atoms with Gasteiger partial charge in [0.15, 0.2) is 5.96 Å². The van der Waals surface area contributed by atoms with E-state index >= 15 is 0 Å². The molecule has 0 unspecified atom stereocenters. The number of aryl methyl sites for hydroxylation is 1. The van der Waals surface area contributed by atoms with Crippen LogP contribution in [0.25, 0.3) is 11.0 Å². The van der Waals surface area contributed by atoms with Crippen LogP contribution in [-0.4, -0.2) is 49.4 Å². The summed E-state index contributed by atoms with van der Waals surface area (Å²) in [6.45, 7) is 4.79. The van der Waals surface area contributed by atoms with E-state index in [1.165, 1.54) is 0 Å². The minimum atomic E-state index is 0. The van der Waals surface area contributed by atoms with Crippen molar-refractivity contribution in [3.63, 3.8) is 0 Å². The molecule has 2 aromatic carbocycles. The Balaban J connectivity index is 0.00000300. The second-order valence-corrected chi connectivity index (χ2v) is 6.25. The van der Waals surface area contributed by atoms with Gasteiger partial charge in [0.1, 0.15) is 23.9 Å². The number of nitrogens with zero attached hydrogens (tertiary/aromatic N) is 3. The number of fused-ring (bicyclic) bond motifs is 1. The Kier molecular flexibility index (Phi) is 9.04. The van der Waals surface area contributed by atoms with Crippen molar-refractivity contribution in [1.29, 1.82) is 0 Å². The molecule has 1 heterocycles. The van der Waals surface area contributed by atoms with E-state index in [4.69, 9.17) is 9.47 Å². The zero-order valence-corrected chi connectivity index (χ0v) is 19.3. The molecule has 0 aliphatic rings. The third-order valence-electron chi connectivity index (χ3n) is 4.42. The Bertz CT molecular complexity index is 924. The first-order chi connectivity index (χ1) is 13.7. The van der Waals surface area contributed by atoms with Gasteiger partial charge in [0.2, 0.25) is 0 Å². The van der Waals surface area contributed by atoms with Crippen molar-refractivity contribution in [3.8, 4) is 11.5 Å². The van der Waals surface area contributed by atoms with Crippen LogP contribution in [-0.2, 0) is 6.54 Å². The Morgan fingerprint density at radius 3 is 2.45 bits per heavy atom. The van der Waals surface area contributed by atoms with Crippen LogP contribution < -0.4 is 20.1 Å². The van der Waals surface area contributed by atoms with Gasteiger partial charge in [-0.3, -0.25) is 4.99 Å². The molecule has 0 atom stereocenters. The normalized spacial score (nSPS) is 11.1. The van der Waals surface area contributed by atoms with Crippen LogP contribution >= 0.6 is 24.0 Å². The van der Waals surface area contributed by atoms with E-state index in [2.05, 4.69) is 31.2 Å². The van der Waals surface area contributed by atoms with Crippen LogP contribution in [0.3, 0.4) is 0 Å². The van der Waals surface area contributed by atoms with Crippen LogP contribution in [0.4, 0.5) is 0 Å².